The molecule has 1 atom stereocenters. The van der Waals surface area contributed by atoms with E-state index in [0.717, 1.165) is 61.9 Å². The molecule has 0 bridgehead atoms. The summed E-state index contributed by atoms with van der Waals surface area (Å²) in [5.74, 6) is 0. The van der Waals surface area contributed by atoms with E-state index in [1.54, 1.807) is 0 Å². The molecule has 170 valence electrons. The monoisotopic (exact) mass is 453 g/mol. The number of hydrogen-bond donors (Lipinski definition) is 1. The van der Waals surface area contributed by atoms with Crippen LogP contribution in [-0.4, -0.2) is 61.2 Å². The minimum atomic E-state index is -0.554. The fourth-order valence-corrected chi connectivity index (χ4v) is 4.52. The summed E-state index contributed by atoms with van der Waals surface area (Å²) in [5.41, 5.74) is 4.61. The van der Waals surface area contributed by atoms with Gasteiger partial charge in [0.05, 0.1) is 5.71 Å². The van der Waals surface area contributed by atoms with Crippen LogP contribution in [0.3, 0.4) is 0 Å². The van der Waals surface area contributed by atoms with E-state index in [1.165, 1.54) is 17.6 Å². The maximum atomic E-state index is 10.5. The molecule has 2 fully saturated rings. The molecule has 1 saturated carbocycles. The van der Waals surface area contributed by atoms with Gasteiger partial charge in [-0.25, -0.2) is 0 Å². The highest BCUT2D eigenvalue weighted by Crippen LogP contribution is 2.24. The zero-order valence-electron chi connectivity index (χ0n) is 18.5. The molecule has 32 heavy (non-hydrogen) atoms. The van der Waals surface area contributed by atoms with Gasteiger partial charge in [0, 0.05) is 43.4 Å². The second-order valence-electron chi connectivity index (χ2n) is 8.54. The smallest absolute Gasteiger partial charge is 0.144 e. The summed E-state index contributed by atoms with van der Waals surface area (Å²) in [5, 5.41) is 15.6. The summed E-state index contributed by atoms with van der Waals surface area (Å²) in [6, 6.07) is 18.3. The second-order valence-corrected chi connectivity index (χ2v) is 8.98. The molecule has 0 radical (unpaired) electrons. The standard InChI is InChI=1S/C26H32ClN3O2/c27-23-10-6-11-24(18-23)30-15-13-29(14-16-30)19-25(31)20-32-28-26-12-5-4-9-22(26)17-21-7-2-1-3-8-21/h1-3,6-8,10-11,17-18,25,31H,4-5,9,12-16,19-20H2/b22-17-,28-26+. The fourth-order valence-electron chi connectivity index (χ4n) is 4.34. The van der Waals surface area contributed by atoms with Crippen LogP contribution in [0.15, 0.2) is 65.3 Å². The molecule has 1 unspecified atom stereocenters. The Morgan fingerprint density at radius 1 is 1.00 bits per heavy atom. The first-order valence-corrected chi connectivity index (χ1v) is 11.9. The van der Waals surface area contributed by atoms with Gasteiger partial charge in [0.1, 0.15) is 12.7 Å². The Bertz CT molecular complexity index is 924. The molecule has 6 heteroatoms. The average Bonchev–Trinajstić information content (AvgIpc) is 2.81. The van der Waals surface area contributed by atoms with E-state index in [9.17, 15) is 5.11 Å². The van der Waals surface area contributed by atoms with Gasteiger partial charge in [-0.1, -0.05) is 53.2 Å². The van der Waals surface area contributed by atoms with Crippen LogP contribution >= 0.6 is 11.6 Å². The minimum Gasteiger partial charge on any atom is -0.393 e. The largest absolute Gasteiger partial charge is 0.393 e. The predicted molar refractivity (Wildman–Crippen MR) is 132 cm³/mol. The number of β-amino-alcohol motifs (C(OH)–C–C–N with tert-alkyl or cyclic N) is 1. The number of benzene rings is 2. The highest BCUT2D eigenvalue weighted by molar-refractivity contribution is 6.30. The Labute approximate surface area is 195 Å². The van der Waals surface area contributed by atoms with Crippen molar-refractivity contribution in [3.05, 3.63) is 70.8 Å². The van der Waals surface area contributed by atoms with Crippen molar-refractivity contribution in [3.8, 4) is 0 Å². The van der Waals surface area contributed by atoms with Crippen LogP contribution in [0.2, 0.25) is 5.02 Å². The van der Waals surface area contributed by atoms with Gasteiger partial charge in [0.15, 0.2) is 0 Å². The normalized spacial score (nSPS) is 21.1. The van der Waals surface area contributed by atoms with Crippen LogP contribution in [0.5, 0.6) is 0 Å². The number of piperazine rings is 1. The molecule has 0 aromatic heterocycles. The van der Waals surface area contributed by atoms with Gasteiger partial charge in [0.25, 0.3) is 0 Å². The number of halogens is 1. The average molecular weight is 454 g/mol. The van der Waals surface area contributed by atoms with Crippen molar-refractivity contribution in [2.24, 2.45) is 5.16 Å². The quantitative estimate of drug-likeness (QED) is 0.608. The molecule has 2 aromatic rings. The number of aliphatic hydroxyl groups is 1. The Morgan fingerprint density at radius 3 is 2.56 bits per heavy atom. The number of hydrogen-bond acceptors (Lipinski definition) is 5. The number of oxime groups is 1. The lowest BCUT2D eigenvalue weighted by atomic mass is 9.91. The van der Waals surface area contributed by atoms with Crippen LogP contribution in [0.25, 0.3) is 6.08 Å². The molecule has 0 amide bonds. The van der Waals surface area contributed by atoms with Crippen LogP contribution in [-0.2, 0) is 4.84 Å². The van der Waals surface area contributed by atoms with Gasteiger partial charge < -0.3 is 14.8 Å². The van der Waals surface area contributed by atoms with Crippen LogP contribution in [0.1, 0.15) is 31.2 Å². The molecular formula is C26H32ClN3O2. The van der Waals surface area contributed by atoms with Gasteiger partial charge in [-0.05, 0) is 61.1 Å². The first-order chi connectivity index (χ1) is 15.7. The van der Waals surface area contributed by atoms with Crippen molar-refractivity contribution < 1.29 is 9.94 Å². The van der Waals surface area contributed by atoms with Crippen molar-refractivity contribution >= 4 is 29.1 Å². The van der Waals surface area contributed by atoms with Crippen molar-refractivity contribution in [1.82, 2.24) is 4.90 Å². The molecule has 1 N–H and O–H groups in total. The van der Waals surface area contributed by atoms with E-state index >= 15 is 0 Å². The number of anilines is 1. The molecule has 1 heterocycles. The second kappa shape index (κ2) is 11.5. The SMILES string of the molecule is OC(CO/N=C1\CCCC\C1=C\c1ccccc1)CN1CCN(c2cccc(Cl)c2)CC1. The van der Waals surface area contributed by atoms with Crippen molar-refractivity contribution in [2.75, 3.05) is 44.2 Å². The lowest BCUT2D eigenvalue weighted by Gasteiger charge is -2.36. The van der Waals surface area contributed by atoms with Crippen LogP contribution in [0, 0.1) is 0 Å². The minimum absolute atomic E-state index is 0.219. The van der Waals surface area contributed by atoms with Gasteiger partial charge in [-0.15, -0.1) is 0 Å². The lowest BCUT2D eigenvalue weighted by molar-refractivity contribution is 0.0179. The first kappa shape index (κ1) is 22.8. The van der Waals surface area contributed by atoms with E-state index in [0.29, 0.717) is 6.54 Å². The summed E-state index contributed by atoms with van der Waals surface area (Å²) in [6.07, 6.45) is 5.92. The number of aliphatic hydroxyl groups excluding tert-OH is 1. The van der Waals surface area contributed by atoms with Crippen molar-refractivity contribution in [2.45, 2.75) is 31.8 Å². The molecular weight excluding hydrogens is 422 g/mol. The number of allylic oxidation sites excluding steroid dienone is 1. The van der Waals surface area contributed by atoms with Gasteiger partial charge >= 0.3 is 0 Å². The van der Waals surface area contributed by atoms with Crippen LogP contribution in [0.4, 0.5) is 5.69 Å². The molecule has 1 saturated heterocycles. The predicted octanol–water partition coefficient (Wildman–Crippen LogP) is 4.85. The Kier molecular flexibility index (Phi) is 8.21. The zero-order valence-corrected chi connectivity index (χ0v) is 19.3. The topological polar surface area (TPSA) is 48.3 Å². The third-order valence-corrected chi connectivity index (χ3v) is 6.31. The molecule has 2 aliphatic rings. The fraction of sp³-hybridized carbons (Fsp3) is 0.423. The summed E-state index contributed by atoms with van der Waals surface area (Å²) in [6.45, 7) is 4.47. The zero-order chi connectivity index (χ0) is 22.2. The summed E-state index contributed by atoms with van der Waals surface area (Å²) < 4.78 is 0. The van der Waals surface area contributed by atoms with Crippen molar-refractivity contribution in [3.63, 3.8) is 0 Å². The lowest BCUT2D eigenvalue weighted by Crippen LogP contribution is -2.49. The number of nitrogens with zero attached hydrogens (tertiary/aromatic N) is 3. The highest BCUT2D eigenvalue weighted by atomic mass is 35.5. The molecule has 0 spiro atoms. The van der Waals surface area contributed by atoms with E-state index in [2.05, 4.69) is 39.2 Å². The molecule has 4 rings (SSSR count). The summed E-state index contributed by atoms with van der Waals surface area (Å²) >= 11 is 6.12. The Morgan fingerprint density at radius 2 is 1.78 bits per heavy atom. The molecule has 1 aliphatic heterocycles. The molecule has 5 nitrogen and oxygen atoms in total. The van der Waals surface area contributed by atoms with Gasteiger partial charge in [-0.2, -0.15) is 0 Å². The molecule has 1 aliphatic carbocycles. The van der Waals surface area contributed by atoms with Crippen LogP contribution < -0.4 is 4.90 Å². The Balaban J connectivity index is 1.23. The van der Waals surface area contributed by atoms with Crippen molar-refractivity contribution in [1.29, 1.82) is 0 Å². The van der Waals surface area contributed by atoms with Gasteiger partial charge in [-0.3, -0.25) is 4.90 Å². The molecule has 2 aromatic carbocycles. The maximum absolute atomic E-state index is 10.5. The van der Waals surface area contributed by atoms with Gasteiger partial charge in [0.2, 0.25) is 0 Å². The summed E-state index contributed by atoms with van der Waals surface area (Å²) in [4.78, 5) is 10.2. The van der Waals surface area contributed by atoms with E-state index in [4.69, 9.17) is 16.4 Å². The third kappa shape index (κ3) is 6.58. The Hall–Kier alpha value is -2.34. The van der Waals surface area contributed by atoms with E-state index < -0.39 is 6.10 Å². The third-order valence-electron chi connectivity index (χ3n) is 6.08. The first-order valence-electron chi connectivity index (χ1n) is 11.5. The van der Waals surface area contributed by atoms with E-state index in [-0.39, 0.29) is 6.61 Å². The maximum Gasteiger partial charge on any atom is 0.144 e. The highest BCUT2D eigenvalue weighted by Gasteiger charge is 2.20. The number of rotatable bonds is 7. The summed E-state index contributed by atoms with van der Waals surface area (Å²) in [7, 11) is 0. The van der Waals surface area contributed by atoms with E-state index in [1.807, 2.05) is 36.4 Å².